The Bertz CT molecular complexity index is 1290. The van der Waals surface area contributed by atoms with E-state index in [1.165, 1.54) is 6.33 Å². The summed E-state index contributed by atoms with van der Waals surface area (Å²) >= 11 is 0. The van der Waals surface area contributed by atoms with Crippen molar-refractivity contribution in [2.24, 2.45) is 15.0 Å². The molecule has 0 fully saturated rings. The second-order valence-corrected chi connectivity index (χ2v) is 5.95. The molecule has 2 heterocycles. The molecule has 1 aromatic heterocycles. The summed E-state index contributed by atoms with van der Waals surface area (Å²) in [6, 6.07) is 13.4. The summed E-state index contributed by atoms with van der Waals surface area (Å²) in [5, 5.41) is 2.45. The van der Waals surface area contributed by atoms with Crippen LogP contribution in [0.25, 0.3) is 17.1 Å². The van der Waals surface area contributed by atoms with Crippen LogP contribution >= 0.6 is 0 Å². The van der Waals surface area contributed by atoms with E-state index in [9.17, 15) is 0 Å². The Hall–Kier alpha value is -4.19. The van der Waals surface area contributed by atoms with Crippen LogP contribution in [-0.4, -0.2) is 22.4 Å². The molecule has 0 N–H and O–H groups in total. The number of aliphatic imine (C=N–C) groups is 2. The molecule has 6 heteroatoms. The van der Waals surface area contributed by atoms with Crippen molar-refractivity contribution in [1.82, 2.24) is 9.97 Å². The van der Waals surface area contributed by atoms with Crippen LogP contribution in [0.2, 0.25) is 0 Å². The van der Waals surface area contributed by atoms with Gasteiger partial charge < -0.3 is 4.74 Å². The fourth-order valence-corrected chi connectivity index (χ4v) is 2.63. The zero-order chi connectivity index (χ0) is 19.7. The second kappa shape index (κ2) is 9.14. The van der Waals surface area contributed by atoms with E-state index in [0.717, 1.165) is 21.5 Å². The van der Waals surface area contributed by atoms with Gasteiger partial charge in [0.1, 0.15) is 12.1 Å². The number of fused-ring (bicyclic) bond motifs is 2. The molecule has 4 rings (SSSR count). The fraction of sp³-hybridized carbons (Fsp3) is 0. The third-order valence-electron chi connectivity index (χ3n) is 3.98. The molecule has 1 aliphatic rings. The molecule has 3 aromatic rings. The maximum absolute atomic E-state index is 5.69. The highest BCUT2D eigenvalue weighted by atomic mass is 16.5. The number of benzene rings is 2. The van der Waals surface area contributed by atoms with E-state index in [2.05, 4.69) is 20.0 Å². The number of hydrogen-bond donors (Lipinski definition) is 0. The minimum Gasteiger partial charge on any atom is -0.465 e. The van der Waals surface area contributed by atoms with Gasteiger partial charge in [0.2, 0.25) is 0 Å². The number of allylic oxidation sites excluding steroid dienone is 4. The number of aromatic nitrogens is 2. The third kappa shape index (κ3) is 4.75. The van der Waals surface area contributed by atoms with Crippen LogP contribution < -0.4 is 15.3 Å². The first-order valence-corrected chi connectivity index (χ1v) is 8.99. The molecular formula is C23H17N5O. The minimum atomic E-state index is 0.570. The lowest BCUT2D eigenvalue weighted by Crippen LogP contribution is -2.23. The van der Waals surface area contributed by atoms with E-state index in [1.807, 2.05) is 54.6 Å². The van der Waals surface area contributed by atoms with E-state index in [1.54, 1.807) is 43.2 Å². The van der Waals surface area contributed by atoms with Gasteiger partial charge in [-0.1, -0.05) is 24.3 Å². The van der Waals surface area contributed by atoms with Crippen LogP contribution in [0.15, 0.2) is 101 Å². The van der Waals surface area contributed by atoms with Gasteiger partial charge in [-0.05, 0) is 42.5 Å². The first-order chi connectivity index (χ1) is 14.4. The van der Waals surface area contributed by atoms with Crippen molar-refractivity contribution >= 4 is 35.3 Å². The van der Waals surface area contributed by atoms with Crippen LogP contribution in [0.3, 0.4) is 0 Å². The highest BCUT2D eigenvalue weighted by molar-refractivity contribution is 5.88. The third-order valence-corrected chi connectivity index (χ3v) is 3.98. The van der Waals surface area contributed by atoms with Crippen molar-refractivity contribution in [2.75, 3.05) is 0 Å². The van der Waals surface area contributed by atoms with E-state index in [-0.39, 0.29) is 0 Å². The number of hydrogen-bond acceptors (Lipinski definition) is 6. The first kappa shape index (κ1) is 18.2. The Labute approximate surface area is 167 Å². The second-order valence-electron chi connectivity index (χ2n) is 5.95. The average Bonchev–Trinajstić information content (AvgIpc) is 2.75. The van der Waals surface area contributed by atoms with Gasteiger partial charge in [0.25, 0.3) is 0 Å². The molecule has 6 nitrogen and oxygen atoms in total. The molecule has 2 aromatic carbocycles. The highest BCUT2D eigenvalue weighted by Gasteiger charge is 2.04. The zero-order valence-electron chi connectivity index (χ0n) is 15.5. The molecule has 1 aliphatic heterocycles. The van der Waals surface area contributed by atoms with Crippen LogP contribution in [0, 0.1) is 0 Å². The van der Waals surface area contributed by atoms with Crippen molar-refractivity contribution in [3.05, 3.63) is 96.1 Å². The number of ether oxygens (including phenoxy) is 1. The molecule has 140 valence electrons. The summed E-state index contributed by atoms with van der Waals surface area (Å²) < 4.78 is 5.69. The quantitative estimate of drug-likeness (QED) is 0.601. The van der Waals surface area contributed by atoms with Crippen LogP contribution in [0.4, 0.5) is 5.82 Å². The highest BCUT2D eigenvalue weighted by Crippen LogP contribution is 2.25. The Morgan fingerprint density at radius 2 is 1.72 bits per heavy atom. The largest absolute Gasteiger partial charge is 0.465 e. The van der Waals surface area contributed by atoms with Gasteiger partial charge in [-0.15, -0.1) is 0 Å². The predicted molar refractivity (Wildman–Crippen MR) is 116 cm³/mol. The van der Waals surface area contributed by atoms with Crippen molar-refractivity contribution < 1.29 is 4.74 Å². The van der Waals surface area contributed by atoms with E-state index in [4.69, 9.17) is 9.73 Å². The molecule has 29 heavy (non-hydrogen) atoms. The summed E-state index contributed by atoms with van der Waals surface area (Å²) in [5.41, 5.74) is 0.793. The number of nitrogens with zero attached hydrogens (tertiary/aromatic N) is 5. The Morgan fingerprint density at radius 1 is 0.793 bits per heavy atom. The maximum atomic E-state index is 5.69. The molecule has 0 saturated heterocycles. The van der Waals surface area contributed by atoms with Crippen molar-refractivity contribution in [1.29, 1.82) is 0 Å². The number of para-hydroxylation sites is 1. The molecule has 0 saturated carbocycles. The smallest absolute Gasteiger partial charge is 0.163 e. The molecule has 2 bridgehead atoms. The van der Waals surface area contributed by atoms with Gasteiger partial charge in [-0.3, -0.25) is 9.98 Å². The van der Waals surface area contributed by atoms with Gasteiger partial charge in [0.15, 0.2) is 5.82 Å². The summed E-state index contributed by atoms with van der Waals surface area (Å²) in [6.07, 6.45) is 17.1. The molecule has 0 unspecified atom stereocenters. The molecule has 0 aliphatic carbocycles. The summed E-state index contributed by atoms with van der Waals surface area (Å²) in [6.45, 7) is 0. The standard InChI is InChI=1S/C23H17N5O/c1-4-11-24-12-6-13-25-16-18-7-2-3-8-21(18)28-23-20-15-19(29-14-5-1)9-10-22(20)26-17-27-23/h1-17H. The summed E-state index contributed by atoms with van der Waals surface area (Å²) in [5.74, 6) is 1.24. The maximum Gasteiger partial charge on any atom is 0.163 e. The van der Waals surface area contributed by atoms with E-state index < -0.39 is 0 Å². The van der Waals surface area contributed by atoms with Gasteiger partial charge in [0.05, 0.1) is 17.1 Å². The van der Waals surface area contributed by atoms with E-state index >= 15 is 0 Å². The van der Waals surface area contributed by atoms with Gasteiger partial charge in [0, 0.05) is 35.4 Å². The van der Waals surface area contributed by atoms with Gasteiger partial charge in [-0.2, -0.15) is 0 Å². The topological polar surface area (TPSA) is 72.1 Å². The Morgan fingerprint density at radius 3 is 2.72 bits per heavy atom. The normalized spacial score (nSPS) is 13.7. The molecular weight excluding hydrogens is 362 g/mol. The van der Waals surface area contributed by atoms with Crippen molar-refractivity contribution in [3.63, 3.8) is 0 Å². The lowest BCUT2D eigenvalue weighted by Gasteiger charge is -2.04. The van der Waals surface area contributed by atoms with Crippen molar-refractivity contribution in [2.45, 2.75) is 0 Å². The van der Waals surface area contributed by atoms with Gasteiger partial charge >= 0.3 is 0 Å². The summed E-state index contributed by atoms with van der Waals surface area (Å²) in [7, 11) is 0. The van der Waals surface area contributed by atoms with Crippen LogP contribution in [0.1, 0.15) is 0 Å². The lowest BCUT2D eigenvalue weighted by atomic mass is 10.2. The van der Waals surface area contributed by atoms with Crippen LogP contribution in [-0.2, 0) is 0 Å². The minimum absolute atomic E-state index is 0.570. The van der Waals surface area contributed by atoms with E-state index in [0.29, 0.717) is 11.6 Å². The SMILES string of the molecule is C1=CC=NC=CC=NC=c2ccccc2=Nc2ncnc3ccc(cc23)OC=C1. The molecule has 0 amide bonds. The number of rotatable bonds is 0. The summed E-state index contributed by atoms with van der Waals surface area (Å²) in [4.78, 5) is 21.9. The fourth-order valence-electron chi connectivity index (χ4n) is 2.63. The Kier molecular flexibility index (Phi) is 5.73. The van der Waals surface area contributed by atoms with Crippen molar-refractivity contribution in [3.8, 4) is 5.75 Å². The zero-order valence-corrected chi connectivity index (χ0v) is 15.5. The lowest BCUT2D eigenvalue weighted by molar-refractivity contribution is 0.482. The van der Waals surface area contributed by atoms with Crippen LogP contribution in [0.5, 0.6) is 5.75 Å². The van der Waals surface area contributed by atoms with Gasteiger partial charge in [-0.25, -0.2) is 15.0 Å². The average molecular weight is 379 g/mol. The first-order valence-electron chi connectivity index (χ1n) is 8.99. The molecule has 0 spiro atoms. The molecule has 0 atom stereocenters. The Balaban J connectivity index is 1.90. The monoisotopic (exact) mass is 379 g/mol. The predicted octanol–water partition coefficient (Wildman–Crippen LogP) is 3.44. The molecule has 0 radical (unpaired) electrons.